The maximum Gasteiger partial charge on any atom is 0.262 e. The number of hydrogen-bond donors (Lipinski definition) is 1. The number of amides is 1. The molecule has 0 saturated carbocycles. The molecule has 0 fully saturated rings. The maximum atomic E-state index is 11.7. The summed E-state index contributed by atoms with van der Waals surface area (Å²) in [6.45, 7) is 1.92. The van der Waals surface area contributed by atoms with E-state index in [4.69, 9.17) is 16.3 Å². The molecule has 0 bridgehead atoms. The van der Waals surface area contributed by atoms with Crippen molar-refractivity contribution in [3.8, 4) is 5.75 Å². The zero-order valence-electron chi connectivity index (χ0n) is 10.5. The summed E-state index contributed by atoms with van der Waals surface area (Å²) in [6, 6.07) is 14.5. The Morgan fingerprint density at radius 1 is 1.21 bits per heavy atom. The number of rotatable bonds is 4. The van der Waals surface area contributed by atoms with Gasteiger partial charge < -0.3 is 10.1 Å². The van der Waals surface area contributed by atoms with E-state index in [0.717, 1.165) is 11.3 Å². The zero-order valence-corrected chi connectivity index (χ0v) is 11.3. The molecule has 4 heteroatoms. The molecular weight excluding hydrogens is 262 g/mol. The van der Waals surface area contributed by atoms with Crippen molar-refractivity contribution in [2.75, 3.05) is 11.9 Å². The molecule has 2 aromatic carbocycles. The molecular formula is C15H14ClNO2. The summed E-state index contributed by atoms with van der Waals surface area (Å²) in [7, 11) is 0. The molecule has 2 aromatic rings. The Bertz CT molecular complexity index is 584. The fourth-order valence-electron chi connectivity index (χ4n) is 1.63. The van der Waals surface area contributed by atoms with Gasteiger partial charge in [-0.05, 0) is 42.8 Å². The molecule has 1 amide bonds. The zero-order chi connectivity index (χ0) is 13.7. The van der Waals surface area contributed by atoms with Crippen molar-refractivity contribution in [2.24, 2.45) is 0 Å². The molecule has 0 radical (unpaired) electrons. The number of anilines is 1. The van der Waals surface area contributed by atoms with Crippen molar-refractivity contribution in [1.82, 2.24) is 0 Å². The Balaban J connectivity index is 1.88. The van der Waals surface area contributed by atoms with Crippen LogP contribution in [0.25, 0.3) is 0 Å². The van der Waals surface area contributed by atoms with E-state index in [-0.39, 0.29) is 12.5 Å². The minimum atomic E-state index is -0.203. The SMILES string of the molecule is Cc1cccc(NC(=O)COc2cccc(Cl)c2)c1. The lowest BCUT2D eigenvalue weighted by molar-refractivity contribution is -0.118. The first-order valence-electron chi connectivity index (χ1n) is 5.88. The van der Waals surface area contributed by atoms with E-state index in [1.807, 2.05) is 31.2 Å². The van der Waals surface area contributed by atoms with Crippen LogP contribution in [-0.2, 0) is 4.79 Å². The summed E-state index contributed by atoms with van der Waals surface area (Å²) in [5, 5.41) is 3.35. The molecule has 0 aliphatic rings. The highest BCUT2D eigenvalue weighted by molar-refractivity contribution is 6.30. The Hall–Kier alpha value is -2.00. The molecule has 0 unspecified atom stereocenters. The van der Waals surface area contributed by atoms with E-state index in [2.05, 4.69) is 5.32 Å². The second kappa shape index (κ2) is 6.25. The molecule has 0 aliphatic carbocycles. The molecule has 3 nitrogen and oxygen atoms in total. The lowest BCUT2D eigenvalue weighted by Gasteiger charge is -2.08. The van der Waals surface area contributed by atoms with Crippen molar-refractivity contribution in [1.29, 1.82) is 0 Å². The molecule has 0 aliphatic heterocycles. The summed E-state index contributed by atoms with van der Waals surface area (Å²) in [4.78, 5) is 11.7. The van der Waals surface area contributed by atoms with E-state index in [1.54, 1.807) is 24.3 Å². The van der Waals surface area contributed by atoms with Gasteiger partial charge in [0.1, 0.15) is 5.75 Å². The summed E-state index contributed by atoms with van der Waals surface area (Å²) in [5.41, 5.74) is 1.85. The van der Waals surface area contributed by atoms with Gasteiger partial charge in [-0.2, -0.15) is 0 Å². The standard InChI is InChI=1S/C15H14ClNO2/c1-11-4-2-6-13(8-11)17-15(18)10-19-14-7-3-5-12(16)9-14/h2-9H,10H2,1H3,(H,17,18). The van der Waals surface area contributed by atoms with E-state index < -0.39 is 0 Å². The predicted molar refractivity (Wildman–Crippen MR) is 76.8 cm³/mol. The molecule has 0 atom stereocenters. The van der Waals surface area contributed by atoms with E-state index >= 15 is 0 Å². The molecule has 0 heterocycles. The highest BCUT2D eigenvalue weighted by Crippen LogP contribution is 2.17. The molecule has 98 valence electrons. The van der Waals surface area contributed by atoms with E-state index in [1.165, 1.54) is 0 Å². The van der Waals surface area contributed by atoms with Gasteiger partial charge in [0.05, 0.1) is 0 Å². The number of carbonyl (C=O) groups is 1. The Kier molecular flexibility index (Phi) is 4.42. The fourth-order valence-corrected chi connectivity index (χ4v) is 1.81. The first-order chi connectivity index (χ1) is 9.13. The van der Waals surface area contributed by atoms with Crippen molar-refractivity contribution in [2.45, 2.75) is 6.92 Å². The second-order valence-corrected chi connectivity index (χ2v) is 4.60. The third kappa shape index (κ3) is 4.30. The first kappa shape index (κ1) is 13.4. The molecule has 1 N–H and O–H groups in total. The van der Waals surface area contributed by atoms with Crippen LogP contribution in [0.1, 0.15) is 5.56 Å². The lowest BCUT2D eigenvalue weighted by atomic mass is 10.2. The summed E-state index contributed by atoms with van der Waals surface area (Å²) >= 11 is 5.83. The van der Waals surface area contributed by atoms with Crippen LogP contribution in [0, 0.1) is 6.92 Å². The van der Waals surface area contributed by atoms with Crippen LogP contribution in [0.3, 0.4) is 0 Å². The summed E-state index contributed by atoms with van der Waals surface area (Å²) in [5.74, 6) is 0.373. The van der Waals surface area contributed by atoms with Crippen LogP contribution in [0.4, 0.5) is 5.69 Å². The number of benzene rings is 2. The van der Waals surface area contributed by atoms with Crippen molar-refractivity contribution in [3.05, 3.63) is 59.1 Å². The third-order valence-electron chi connectivity index (χ3n) is 2.47. The molecule has 2 rings (SSSR count). The van der Waals surface area contributed by atoms with Gasteiger partial charge >= 0.3 is 0 Å². The van der Waals surface area contributed by atoms with Gasteiger partial charge in [0.25, 0.3) is 5.91 Å². The van der Waals surface area contributed by atoms with Gasteiger partial charge in [-0.25, -0.2) is 0 Å². The van der Waals surface area contributed by atoms with Crippen LogP contribution in [0.15, 0.2) is 48.5 Å². The van der Waals surface area contributed by atoms with Crippen molar-refractivity contribution in [3.63, 3.8) is 0 Å². The van der Waals surface area contributed by atoms with Crippen LogP contribution < -0.4 is 10.1 Å². The number of ether oxygens (including phenoxy) is 1. The quantitative estimate of drug-likeness (QED) is 0.925. The van der Waals surface area contributed by atoms with Gasteiger partial charge in [-0.15, -0.1) is 0 Å². The number of nitrogens with one attached hydrogen (secondary N) is 1. The molecule has 0 aromatic heterocycles. The number of halogens is 1. The Labute approximate surface area is 117 Å². The highest BCUT2D eigenvalue weighted by atomic mass is 35.5. The van der Waals surface area contributed by atoms with E-state index in [0.29, 0.717) is 10.8 Å². The Morgan fingerprint density at radius 3 is 2.74 bits per heavy atom. The van der Waals surface area contributed by atoms with Crippen LogP contribution in [0.2, 0.25) is 5.02 Å². The van der Waals surface area contributed by atoms with E-state index in [9.17, 15) is 4.79 Å². The lowest BCUT2D eigenvalue weighted by Crippen LogP contribution is -2.20. The van der Waals surface area contributed by atoms with Gasteiger partial charge in [0, 0.05) is 10.7 Å². The molecule has 0 spiro atoms. The smallest absolute Gasteiger partial charge is 0.262 e. The number of hydrogen-bond acceptors (Lipinski definition) is 2. The van der Waals surface area contributed by atoms with Gasteiger partial charge in [0.15, 0.2) is 6.61 Å². The third-order valence-corrected chi connectivity index (χ3v) is 2.70. The minimum Gasteiger partial charge on any atom is -0.484 e. The van der Waals surface area contributed by atoms with Gasteiger partial charge in [0.2, 0.25) is 0 Å². The largest absolute Gasteiger partial charge is 0.484 e. The maximum absolute atomic E-state index is 11.7. The van der Waals surface area contributed by atoms with Crippen LogP contribution >= 0.6 is 11.6 Å². The summed E-state index contributed by atoms with van der Waals surface area (Å²) in [6.07, 6.45) is 0. The molecule has 19 heavy (non-hydrogen) atoms. The monoisotopic (exact) mass is 275 g/mol. The predicted octanol–water partition coefficient (Wildman–Crippen LogP) is 3.67. The van der Waals surface area contributed by atoms with Crippen LogP contribution in [-0.4, -0.2) is 12.5 Å². The average Bonchev–Trinajstić information content (AvgIpc) is 2.36. The summed E-state index contributed by atoms with van der Waals surface area (Å²) < 4.78 is 5.35. The van der Waals surface area contributed by atoms with Gasteiger partial charge in [-0.1, -0.05) is 29.8 Å². The van der Waals surface area contributed by atoms with Crippen molar-refractivity contribution < 1.29 is 9.53 Å². The highest BCUT2D eigenvalue weighted by Gasteiger charge is 2.04. The van der Waals surface area contributed by atoms with Crippen LogP contribution in [0.5, 0.6) is 5.75 Å². The van der Waals surface area contributed by atoms with Gasteiger partial charge in [-0.3, -0.25) is 4.79 Å². The van der Waals surface area contributed by atoms with Crippen molar-refractivity contribution >= 4 is 23.2 Å². The second-order valence-electron chi connectivity index (χ2n) is 4.16. The minimum absolute atomic E-state index is 0.0473. The Morgan fingerprint density at radius 2 is 2.00 bits per heavy atom. The number of aryl methyl sites for hydroxylation is 1. The first-order valence-corrected chi connectivity index (χ1v) is 6.26. The molecule has 0 saturated heterocycles. The topological polar surface area (TPSA) is 38.3 Å². The fraction of sp³-hybridized carbons (Fsp3) is 0.133. The average molecular weight is 276 g/mol. The number of carbonyl (C=O) groups excluding carboxylic acids is 1. The normalized spacial score (nSPS) is 10.0.